The number of amides is 1. The summed E-state index contributed by atoms with van der Waals surface area (Å²) in [7, 11) is 0. The zero-order valence-electron chi connectivity index (χ0n) is 16.1. The minimum absolute atomic E-state index is 0.172. The Morgan fingerprint density at radius 2 is 1.33 bits per heavy atom. The Balaban J connectivity index is 1.31. The Morgan fingerprint density at radius 3 is 2.00 bits per heavy atom. The van der Waals surface area contributed by atoms with Gasteiger partial charge in [-0.2, -0.15) is 0 Å². The van der Waals surface area contributed by atoms with Crippen LogP contribution in [0.4, 0.5) is 0 Å². The number of benzene rings is 2. The molecule has 0 spiro atoms. The molecule has 2 fully saturated rings. The Morgan fingerprint density at radius 1 is 0.741 bits per heavy atom. The molecule has 1 saturated heterocycles. The first-order valence-electron chi connectivity index (χ1n) is 10.5. The highest BCUT2D eigenvalue weighted by Crippen LogP contribution is 2.22. The van der Waals surface area contributed by atoms with Crippen molar-refractivity contribution in [3.05, 3.63) is 60.2 Å². The summed E-state index contributed by atoms with van der Waals surface area (Å²) in [5, 5.41) is 3.84. The summed E-state index contributed by atoms with van der Waals surface area (Å²) < 4.78 is 0. The van der Waals surface area contributed by atoms with Crippen molar-refractivity contribution in [3.63, 3.8) is 0 Å². The fourth-order valence-electron chi connectivity index (χ4n) is 4.47. The lowest BCUT2D eigenvalue weighted by atomic mass is 9.93. The van der Waals surface area contributed by atoms with Gasteiger partial charge in [0.2, 0.25) is 0 Å². The number of likely N-dealkylation sites (tertiary alicyclic amines) is 1. The highest BCUT2D eigenvalue weighted by Gasteiger charge is 2.25. The van der Waals surface area contributed by atoms with Crippen molar-refractivity contribution in [3.8, 4) is 11.1 Å². The zero-order chi connectivity index (χ0) is 18.5. The van der Waals surface area contributed by atoms with E-state index in [0.29, 0.717) is 12.1 Å². The molecule has 1 aliphatic carbocycles. The van der Waals surface area contributed by atoms with Crippen molar-refractivity contribution in [1.82, 2.24) is 10.2 Å². The van der Waals surface area contributed by atoms with Crippen LogP contribution >= 0.6 is 0 Å². The van der Waals surface area contributed by atoms with Crippen LogP contribution in [0.2, 0.25) is 0 Å². The van der Waals surface area contributed by atoms with Crippen LogP contribution in [0.1, 0.15) is 55.3 Å². The number of carbonyl (C=O) groups excluding carboxylic acids is 1. The molecule has 0 aromatic heterocycles. The molecule has 1 N–H and O–H groups in total. The van der Waals surface area contributed by atoms with E-state index in [1.165, 1.54) is 37.7 Å². The SMILES string of the molecule is O=C(c1ccc(-c2ccccc2)cc1)N1CCC(NC2CCCCC2)CC1. The van der Waals surface area contributed by atoms with Crippen molar-refractivity contribution in [2.45, 2.75) is 57.0 Å². The molecular weight excluding hydrogens is 332 g/mol. The number of nitrogens with zero attached hydrogens (tertiary/aromatic N) is 1. The van der Waals surface area contributed by atoms with E-state index < -0.39 is 0 Å². The zero-order valence-corrected chi connectivity index (χ0v) is 16.1. The summed E-state index contributed by atoms with van der Waals surface area (Å²) in [4.78, 5) is 14.9. The van der Waals surface area contributed by atoms with Crippen molar-refractivity contribution < 1.29 is 4.79 Å². The molecule has 1 aliphatic heterocycles. The molecule has 3 heteroatoms. The monoisotopic (exact) mass is 362 g/mol. The van der Waals surface area contributed by atoms with E-state index in [4.69, 9.17) is 0 Å². The van der Waals surface area contributed by atoms with Crippen LogP contribution < -0.4 is 5.32 Å². The largest absolute Gasteiger partial charge is 0.339 e. The van der Waals surface area contributed by atoms with Crippen LogP contribution in [-0.4, -0.2) is 36.0 Å². The number of hydrogen-bond donors (Lipinski definition) is 1. The van der Waals surface area contributed by atoms with Crippen LogP contribution in [0.15, 0.2) is 54.6 Å². The molecule has 0 unspecified atom stereocenters. The molecule has 2 aliphatic rings. The smallest absolute Gasteiger partial charge is 0.253 e. The highest BCUT2D eigenvalue weighted by atomic mass is 16.2. The standard InChI is InChI=1S/C24H30N2O/c27-24(21-13-11-20(12-14-21)19-7-3-1-4-8-19)26-17-15-23(16-18-26)25-22-9-5-2-6-10-22/h1,3-4,7-8,11-14,22-23,25H,2,5-6,9-10,15-18H2. The third kappa shape index (κ3) is 4.59. The summed E-state index contributed by atoms with van der Waals surface area (Å²) in [6.07, 6.45) is 8.94. The fraction of sp³-hybridized carbons (Fsp3) is 0.458. The van der Waals surface area contributed by atoms with Crippen molar-refractivity contribution in [2.75, 3.05) is 13.1 Å². The predicted molar refractivity (Wildman–Crippen MR) is 111 cm³/mol. The summed E-state index contributed by atoms with van der Waals surface area (Å²) in [5.74, 6) is 0.172. The van der Waals surface area contributed by atoms with Crippen LogP contribution in [0.5, 0.6) is 0 Å². The minimum atomic E-state index is 0.172. The summed E-state index contributed by atoms with van der Waals surface area (Å²) in [6, 6.07) is 19.6. The van der Waals surface area contributed by atoms with Gasteiger partial charge >= 0.3 is 0 Å². The number of rotatable bonds is 4. The van der Waals surface area contributed by atoms with Crippen LogP contribution in [0, 0.1) is 0 Å². The highest BCUT2D eigenvalue weighted by molar-refractivity contribution is 5.94. The molecule has 0 bridgehead atoms. The normalized spacial score (nSPS) is 19.2. The lowest BCUT2D eigenvalue weighted by Crippen LogP contribution is -2.48. The second-order valence-electron chi connectivity index (χ2n) is 8.01. The average Bonchev–Trinajstić information content (AvgIpc) is 2.75. The van der Waals surface area contributed by atoms with Gasteiger partial charge in [-0.05, 0) is 48.9 Å². The Bertz CT molecular complexity index is 727. The predicted octanol–water partition coefficient (Wildman–Crippen LogP) is 4.88. The molecule has 2 aromatic rings. The fourth-order valence-corrected chi connectivity index (χ4v) is 4.47. The van der Waals surface area contributed by atoms with E-state index in [1.807, 2.05) is 35.2 Å². The van der Waals surface area contributed by atoms with E-state index in [9.17, 15) is 4.79 Å². The molecule has 0 radical (unpaired) electrons. The van der Waals surface area contributed by atoms with E-state index in [2.05, 4.69) is 29.6 Å². The topological polar surface area (TPSA) is 32.3 Å². The Hall–Kier alpha value is -2.13. The van der Waals surface area contributed by atoms with Gasteiger partial charge < -0.3 is 10.2 Å². The summed E-state index contributed by atoms with van der Waals surface area (Å²) >= 11 is 0. The molecule has 3 nitrogen and oxygen atoms in total. The second kappa shape index (κ2) is 8.71. The van der Waals surface area contributed by atoms with Gasteiger partial charge in [-0.1, -0.05) is 61.7 Å². The molecule has 0 atom stereocenters. The molecule has 1 amide bonds. The summed E-state index contributed by atoms with van der Waals surface area (Å²) in [5.41, 5.74) is 3.14. The Kier molecular flexibility index (Phi) is 5.88. The molecular formula is C24H30N2O. The first-order chi connectivity index (χ1) is 13.3. The maximum absolute atomic E-state index is 12.8. The van der Waals surface area contributed by atoms with Gasteiger partial charge in [-0.25, -0.2) is 0 Å². The number of carbonyl (C=O) groups is 1. The van der Waals surface area contributed by atoms with E-state index in [-0.39, 0.29) is 5.91 Å². The van der Waals surface area contributed by atoms with E-state index >= 15 is 0 Å². The number of piperidine rings is 1. The molecule has 142 valence electrons. The quantitative estimate of drug-likeness (QED) is 0.841. The second-order valence-corrected chi connectivity index (χ2v) is 8.01. The number of hydrogen-bond acceptors (Lipinski definition) is 2. The maximum atomic E-state index is 12.8. The molecule has 4 rings (SSSR count). The lowest BCUT2D eigenvalue weighted by molar-refractivity contribution is 0.0699. The van der Waals surface area contributed by atoms with E-state index in [0.717, 1.165) is 37.1 Å². The first-order valence-corrected chi connectivity index (χ1v) is 10.5. The van der Waals surface area contributed by atoms with E-state index in [1.54, 1.807) is 0 Å². The third-order valence-electron chi connectivity index (χ3n) is 6.10. The summed E-state index contributed by atoms with van der Waals surface area (Å²) in [6.45, 7) is 1.73. The number of nitrogens with one attached hydrogen (secondary N) is 1. The molecule has 1 heterocycles. The van der Waals surface area contributed by atoms with Crippen molar-refractivity contribution in [1.29, 1.82) is 0 Å². The van der Waals surface area contributed by atoms with Crippen LogP contribution in [0.3, 0.4) is 0 Å². The van der Waals surface area contributed by atoms with Gasteiger partial charge in [0.1, 0.15) is 0 Å². The van der Waals surface area contributed by atoms with Gasteiger partial charge in [0.15, 0.2) is 0 Å². The first kappa shape index (κ1) is 18.2. The van der Waals surface area contributed by atoms with Gasteiger partial charge in [-0.15, -0.1) is 0 Å². The van der Waals surface area contributed by atoms with Gasteiger partial charge in [0.05, 0.1) is 0 Å². The van der Waals surface area contributed by atoms with Crippen molar-refractivity contribution in [2.24, 2.45) is 0 Å². The molecule has 2 aromatic carbocycles. The minimum Gasteiger partial charge on any atom is -0.339 e. The van der Waals surface area contributed by atoms with Crippen molar-refractivity contribution >= 4 is 5.91 Å². The Labute approximate surface area is 162 Å². The van der Waals surface area contributed by atoms with Gasteiger partial charge in [0, 0.05) is 30.7 Å². The lowest BCUT2D eigenvalue weighted by Gasteiger charge is -2.35. The molecule has 27 heavy (non-hydrogen) atoms. The maximum Gasteiger partial charge on any atom is 0.253 e. The van der Waals surface area contributed by atoms with Gasteiger partial charge in [0.25, 0.3) is 5.91 Å². The average molecular weight is 363 g/mol. The van der Waals surface area contributed by atoms with Crippen LogP contribution in [-0.2, 0) is 0 Å². The van der Waals surface area contributed by atoms with Crippen LogP contribution in [0.25, 0.3) is 11.1 Å². The third-order valence-corrected chi connectivity index (χ3v) is 6.10. The van der Waals surface area contributed by atoms with Gasteiger partial charge in [-0.3, -0.25) is 4.79 Å². The molecule has 1 saturated carbocycles.